The zero-order valence-electron chi connectivity index (χ0n) is 17.5. The second-order valence-corrected chi connectivity index (χ2v) is 8.32. The summed E-state index contributed by atoms with van der Waals surface area (Å²) in [7, 11) is 1.94. The predicted octanol–water partition coefficient (Wildman–Crippen LogP) is 2.68. The van der Waals surface area contributed by atoms with Gasteiger partial charge in [0.1, 0.15) is 13.4 Å². The van der Waals surface area contributed by atoms with Gasteiger partial charge in [-0.3, -0.25) is 4.79 Å². The zero-order chi connectivity index (χ0) is 20.8. The number of fused-ring (bicyclic) bond motifs is 2. The summed E-state index contributed by atoms with van der Waals surface area (Å²) in [6.45, 7) is 5.64. The largest absolute Gasteiger partial charge is 0.333 e. The summed E-state index contributed by atoms with van der Waals surface area (Å²) >= 11 is 0. The van der Waals surface area contributed by atoms with E-state index in [0.29, 0.717) is 23.9 Å². The molecule has 0 aliphatic carbocycles. The Kier molecular flexibility index (Phi) is 4.46. The van der Waals surface area contributed by atoms with Gasteiger partial charge in [-0.05, 0) is 36.8 Å². The molecule has 0 saturated carbocycles. The molecule has 7 nitrogen and oxygen atoms in total. The Morgan fingerprint density at radius 3 is 2.83 bits per heavy atom. The van der Waals surface area contributed by atoms with Gasteiger partial charge >= 0.3 is 5.91 Å². The number of aryl methyl sites for hydroxylation is 2. The van der Waals surface area contributed by atoms with Crippen molar-refractivity contribution in [3.05, 3.63) is 66.0 Å². The van der Waals surface area contributed by atoms with Crippen LogP contribution in [0.4, 0.5) is 0 Å². The van der Waals surface area contributed by atoms with Crippen LogP contribution in [0, 0.1) is 12.8 Å². The molecule has 4 heterocycles. The number of rotatable bonds is 2. The molecular weight excluding hydrogens is 376 g/mol. The molecule has 2 atom stereocenters. The van der Waals surface area contributed by atoms with Gasteiger partial charge in [-0.15, -0.1) is 0 Å². The van der Waals surface area contributed by atoms with Gasteiger partial charge < -0.3 is 4.90 Å². The number of pyridine rings is 1. The van der Waals surface area contributed by atoms with E-state index in [1.807, 2.05) is 58.4 Å². The van der Waals surface area contributed by atoms with Crippen LogP contribution in [0.5, 0.6) is 0 Å². The van der Waals surface area contributed by atoms with Crippen LogP contribution in [-0.2, 0) is 7.05 Å². The number of likely N-dealkylation sites (tertiary alicyclic amines) is 1. The normalized spacial score (nSPS) is 19.5. The van der Waals surface area contributed by atoms with E-state index in [4.69, 9.17) is 0 Å². The molecule has 1 saturated heterocycles. The minimum absolute atomic E-state index is 0.0702. The van der Waals surface area contributed by atoms with E-state index in [9.17, 15) is 4.79 Å². The first-order chi connectivity index (χ1) is 14.5. The van der Waals surface area contributed by atoms with Crippen molar-refractivity contribution in [2.24, 2.45) is 13.0 Å². The highest BCUT2D eigenvalue weighted by Gasteiger charge is 2.34. The van der Waals surface area contributed by atoms with Crippen molar-refractivity contribution < 1.29 is 9.36 Å². The average molecular weight is 401 g/mol. The molecule has 1 amide bonds. The lowest BCUT2D eigenvalue weighted by atomic mass is 9.84. The van der Waals surface area contributed by atoms with Gasteiger partial charge in [-0.25, -0.2) is 9.50 Å². The van der Waals surface area contributed by atoms with Crippen LogP contribution in [0.15, 0.2) is 48.9 Å². The van der Waals surface area contributed by atoms with Gasteiger partial charge in [0, 0.05) is 36.2 Å². The maximum atomic E-state index is 13.5. The molecule has 0 radical (unpaired) electrons. The number of amides is 1. The molecular formula is C23H25N6O+. The lowest BCUT2D eigenvalue weighted by Crippen LogP contribution is -2.47. The van der Waals surface area contributed by atoms with E-state index < -0.39 is 0 Å². The molecule has 1 aliphatic rings. The minimum atomic E-state index is 0.0702. The van der Waals surface area contributed by atoms with Gasteiger partial charge in [0.05, 0.1) is 5.69 Å². The maximum absolute atomic E-state index is 13.5. The van der Waals surface area contributed by atoms with Crippen LogP contribution < -0.4 is 4.57 Å². The number of hydrogen-bond acceptors (Lipinski definition) is 4. The Balaban J connectivity index is 1.50. The predicted molar refractivity (Wildman–Crippen MR) is 113 cm³/mol. The first kappa shape index (κ1) is 18.7. The number of nitrogens with zero attached hydrogens (tertiary/aromatic N) is 6. The first-order valence-corrected chi connectivity index (χ1v) is 10.4. The van der Waals surface area contributed by atoms with Gasteiger partial charge in [-0.2, -0.15) is 14.6 Å². The van der Waals surface area contributed by atoms with E-state index in [2.05, 4.69) is 34.1 Å². The fourth-order valence-corrected chi connectivity index (χ4v) is 4.52. The Labute approximate surface area is 175 Å². The molecule has 0 unspecified atom stereocenters. The molecule has 7 heteroatoms. The molecule has 152 valence electrons. The molecule has 3 aromatic heterocycles. The summed E-state index contributed by atoms with van der Waals surface area (Å²) in [6.07, 6.45) is 4.51. The van der Waals surface area contributed by atoms with Crippen LogP contribution >= 0.6 is 0 Å². The van der Waals surface area contributed by atoms with Gasteiger partial charge in [0.2, 0.25) is 0 Å². The fraction of sp³-hybridized carbons (Fsp3) is 0.348. The molecule has 1 aliphatic heterocycles. The van der Waals surface area contributed by atoms with Crippen LogP contribution in [0.1, 0.15) is 41.1 Å². The maximum Gasteiger partial charge on any atom is 0.318 e. The summed E-state index contributed by atoms with van der Waals surface area (Å²) in [5, 5.41) is 6.59. The number of hydrogen-bond donors (Lipinski definition) is 0. The molecule has 0 spiro atoms. The topological polar surface area (TPSA) is 67.3 Å². The SMILES string of the molecule is Cc1cc([C@@H]2CN(C(=O)c3cc4ccccc4c[n+]3C)CC[C@H]2C)n2ncnc2n1. The molecule has 0 bridgehead atoms. The number of carbonyl (C=O) groups is 1. The Bertz CT molecular complexity index is 1260. The lowest BCUT2D eigenvalue weighted by Gasteiger charge is -2.36. The Morgan fingerprint density at radius 1 is 1.20 bits per heavy atom. The number of benzene rings is 1. The highest BCUT2D eigenvalue weighted by Crippen LogP contribution is 2.33. The van der Waals surface area contributed by atoms with Gasteiger partial charge in [0.15, 0.2) is 6.20 Å². The molecule has 4 aromatic rings. The highest BCUT2D eigenvalue weighted by molar-refractivity contribution is 5.94. The van der Waals surface area contributed by atoms with E-state index in [0.717, 1.165) is 35.1 Å². The molecule has 1 fully saturated rings. The summed E-state index contributed by atoms with van der Waals surface area (Å²) < 4.78 is 3.75. The van der Waals surface area contributed by atoms with Crippen LogP contribution in [-0.4, -0.2) is 43.5 Å². The van der Waals surface area contributed by atoms with E-state index in [-0.39, 0.29) is 11.8 Å². The quantitative estimate of drug-likeness (QED) is 0.485. The van der Waals surface area contributed by atoms with E-state index in [1.165, 1.54) is 6.33 Å². The Morgan fingerprint density at radius 2 is 2.00 bits per heavy atom. The molecule has 30 heavy (non-hydrogen) atoms. The standard InChI is InChI=1S/C23H25N6O/c1-15-8-9-28(13-19(15)20-10-16(2)26-23-24-14-25-29(20)23)22(30)21-11-17-6-4-5-7-18(17)12-27(21)3/h4-7,10-12,14-15,19H,8-9,13H2,1-3H3/q+1/t15-,19-/m1/s1. The van der Waals surface area contributed by atoms with E-state index >= 15 is 0 Å². The second-order valence-electron chi connectivity index (χ2n) is 8.32. The number of piperidine rings is 1. The van der Waals surface area contributed by atoms with Crippen molar-refractivity contribution in [3.8, 4) is 0 Å². The first-order valence-electron chi connectivity index (χ1n) is 10.4. The van der Waals surface area contributed by atoms with Crippen LogP contribution in [0.25, 0.3) is 16.6 Å². The lowest BCUT2D eigenvalue weighted by molar-refractivity contribution is -0.672. The Hall–Kier alpha value is -3.35. The van der Waals surface area contributed by atoms with Crippen LogP contribution in [0.3, 0.4) is 0 Å². The summed E-state index contributed by atoms with van der Waals surface area (Å²) in [4.78, 5) is 24.2. The van der Waals surface area contributed by atoms with Crippen molar-refractivity contribution in [2.75, 3.05) is 13.1 Å². The fourth-order valence-electron chi connectivity index (χ4n) is 4.52. The monoisotopic (exact) mass is 401 g/mol. The third-order valence-corrected chi connectivity index (χ3v) is 6.25. The molecule has 1 aromatic carbocycles. The van der Waals surface area contributed by atoms with Crippen molar-refractivity contribution in [2.45, 2.75) is 26.2 Å². The van der Waals surface area contributed by atoms with Gasteiger partial charge in [0.25, 0.3) is 11.5 Å². The molecule has 5 rings (SSSR count). The third-order valence-electron chi connectivity index (χ3n) is 6.25. The highest BCUT2D eigenvalue weighted by atomic mass is 16.2. The third kappa shape index (κ3) is 3.10. The van der Waals surface area contributed by atoms with Crippen LogP contribution in [0.2, 0.25) is 0 Å². The summed E-state index contributed by atoms with van der Waals surface area (Å²) in [5.41, 5.74) is 2.70. The smallest absolute Gasteiger partial charge is 0.318 e. The van der Waals surface area contributed by atoms with Crippen molar-refractivity contribution in [3.63, 3.8) is 0 Å². The summed E-state index contributed by atoms with van der Waals surface area (Å²) in [5.74, 6) is 1.30. The van der Waals surface area contributed by atoms with E-state index in [1.54, 1.807) is 0 Å². The number of carbonyl (C=O) groups excluding carboxylic acids is 1. The van der Waals surface area contributed by atoms with Crippen molar-refractivity contribution in [1.82, 2.24) is 24.5 Å². The minimum Gasteiger partial charge on any atom is -0.333 e. The zero-order valence-corrected chi connectivity index (χ0v) is 17.5. The number of aromatic nitrogens is 5. The summed E-state index contributed by atoms with van der Waals surface area (Å²) in [6, 6.07) is 12.2. The van der Waals surface area contributed by atoms with Crippen molar-refractivity contribution in [1.29, 1.82) is 0 Å². The van der Waals surface area contributed by atoms with Crippen molar-refractivity contribution >= 4 is 22.5 Å². The molecule has 0 N–H and O–H groups in total. The second kappa shape index (κ2) is 7.16. The van der Waals surface area contributed by atoms with Gasteiger partial charge in [-0.1, -0.05) is 25.1 Å². The average Bonchev–Trinajstić information content (AvgIpc) is 3.21.